The second-order valence-electron chi connectivity index (χ2n) is 4.74. The van der Waals surface area contributed by atoms with Crippen LogP contribution in [0.3, 0.4) is 0 Å². The molecule has 1 unspecified atom stereocenters. The lowest BCUT2D eigenvalue weighted by atomic mass is 9.97. The van der Waals surface area contributed by atoms with E-state index in [0.29, 0.717) is 6.07 Å². The molecule has 21 heavy (non-hydrogen) atoms. The number of primary amides is 1. The van der Waals surface area contributed by atoms with Gasteiger partial charge in [-0.2, -0.15) is 13.2 Å². The van der Waals surface area contributed by atoms with Gasteiger partial charge in [0.1, 0.15) is 5.54 Å². The van der Waals surface area contributed by atoms with E-state index in [1.165, 1.54) is 13.0 Å². The number of carbonyl (C=O) groups excluding carboxylic acids is 1. The van der Waals surface area contributed by atoms with Gasteiger partial charge in [-0.3, -0.25) is 4.79 Å². The monoisotopic (exact) mass is 304 g/mol. The Morgan fingerprint density at radius 3 is 2.29 bits per heavy atom. The molecule has 4 N–H and O–H groups in total. The van der Waals surface area contributed by atoms with Crippen molar-refractivity contribution in [1.82, 2.24) is 0 Å². The molecular weight excluding hydrogens is 289 g/mol. The second kappa shape index (κ2) is 5.63. The minimum Gasteiger partial charge on any atom is -0.480 e. The SMILES string of the molecule is CCC(C)(Nc1ccc(C(N)=O)c(C(F)(F)F)c1)C(=O)O. The molecule has 0 aromatic heterocycles. The van der Waals surface area contributed by atoms with Gasteiger partial charge in [0.05, 0.1) is 11.1 Å². The third-order valence-electron chi connectivity index (χ3n) is 3.19. The lowest BCUT2D eigenvalue weighted by molar-refractivity contribution is -0.141. The molecule has 1 aromatic carbocycles. The maximum absolute atomic E-state index is 12.9. The van der Waals surface area contributed by atoms with Crippen LogP contribution in [0.1, 0.15) is 36.2 Å². The minimum absolute atomic E-state index is 0.0564. The molecule has 8 heteroatoms. The quantitative estimate of drug-likeness (QED) is 0.779. The van der Waals surface area contributed by atoms with Gasteiger partial charge in [-0.05, 0) is 31.5 Å². The number of carbonyl (C=O) groups is 2. The Bertz CT molecular complexity index is 572. The molecule has 0 saturated carbocycles. The summed E-state index contributed by atoms with van der Waals surface area (Å²) in [7, 11) is 0. The number of anilines is 1. The molecule has 1 aromatic rings. The van der Waals surface area contributed by atoms with Crippen LogP contribution in [0.4, 0.5) is 18.9 Å². The van der Waals surface area contributed by atoms with Crippen LogP contribution in [0.15, 0.2) is 18.2 Å². The first-order valence-corrected chi connectivity index (χ1v) is 6.04. The third kappa shape index (κ3) is 3.65. The van der Waals surface area contributed by atoms with Crippen molar-refractivity contribution in [2.24, 2.45) is 5.73 Å². The average Bonchev–Trinajstić information content (AvgIpc) is 2.37. The van der Waals surface area contributed by atoms with E-state index in [-0.39, 0.29) is 12.1 Å². The first kappa shape index (κ1) is 16.8. The van der Waals surface area contributed by atoms with Gasteiger partial charge >= 0.3 is 12.1 Å². The van der Waals surface area contributed by atoms with Crippen molar-refractivity contribution < 1.29 is 27.9 Å². The molecule has 5 nitrogen and oxygen atoms in total. The highest BCUT2D eigenvalue weighted by atomic mass is 19.4. The van der Waals surface area contributed by atoms with Crippen LogP contribution in [0.25, 0.3) is 0 Å². The van der Waals surface area contributed by atoms with Crippen molar-refractivity contribution in [2.45, 2.75) is 32.0 Å². The fourth-order valence-electron chi connectivity index (χ4n) is 1.68. The topological polar surface area (TPSA) is 92.4 Å². The molecule has 0 saturated heterocycles. The van der Waals surface area contributed by atoms with Crippen molar-refractivity contribution >= 4 is 17.6 Å². The number of amides is 1. The van der Waals surface area contributed by atoms with Crippen LogP contribution < -0.4 is 11.1 Å². The van der Waals surface area contributed by atoms with Crippen molar-refractivity contribution in [3.8, 4) is 0 Å². The summed E-state index contributed by atoms with van der Waals surface area (Å²) in [6.45, 7) is 2.94. The molecule has 0 fully saturated rings. The number of nitrogens with two attached hydrogens (primary N) is 1. The molecule has 116 valence electrons. The predicted octanol–water partition coefficient (Wildman–Crippen LogP) is 2.47. The molecule has 0 aliphatic heterocycles. The Labute approximate surface area is 118 Å². The molecule has 1 rings (SSSR count). The summed E-state index contributed by atoms with van der Waals surface area (Å²) in [5.74, 6) is -2.40. The Hall–Kier alpha value is -2.25. The van der Waals surface area contributed by atoms with E-state index in [9.17, 15) is 22.8 Å². The first-order valence-electron chi connectivity index (χ1n) is 6.04. The molecule has 0 aliphatic carbocycles. The van der Waals surface area contributed by atoms with Crippen LogP contribution in [-0.4, -0.2) is 22.5 Å². The molecule has 0 heterocycles. The Morgan fingerprint density at radius 1 is 1.33 bits per heavy atom. The molecule has 0 radical (unpaired) electrons. The number of aliphatic carboxylic acids is 1. The smallest absolute Gasteiger partial charge is 0.417 e. The summed E-state index contributed by atoms with van der Waals surface area (Å²) in [5, 5.41) is 11.6. The number of carboxylic acids is 1. The number of benzene rings is 1. The number of nitrogens with one attached hydrogen (secondary N) is 1. The zero-order valence-corrected chi connectivity index (χ0v) is 11.4. The maximum Gasteiger partial charge on any atom is 0.417 e. The van der Waals surface area contributed by atoms with E-state index in [1.807, 2.05) is 0 Å². The lowest BCUT2D eigenvalue weighted by Crippen LogP contribution is -2.42. The van der Waals surface area contributed by atoms with Gasteiger partial charge in [-0.1, -0.05) is 6.92 Å². The highest BCUT2D eigenvalue weighted by Crippen LogP contribution is 2.34. The van der Waals surface area contributed by atoms with Crippen LogP contribution in [-0.2, 0) is 11.0 Å². The average molecular weight is 304 g/mol. The fourth-order valence-corrected chi connectivity index (χ4v) is 1.68. The Morgan fingerprint density at radius 2 is 1.90 bits per heavy atom. The van der Waals surface area contributed by atoms with Gasteiger partial charge in [0.15, 0.2) is 0 Å². The normalized spacial score (nSPS) is 14.3. The van der Waals surface area contributed by atoms with E-state index in [4.69, 9.17) is 10.8 Å². The number of hydrogen-bond donors (Lipinski definition) is 3. The van der Waals surface area contributed by atoms with E-state index >= 15 is 0 Å². The van der Waals surface area contributed by atoms with Crippen molar-refractivity contribution in [3.05, 3.63) is 29.3 Å². The Balaban J connectivity index is 3.30. The van der Waals surface area contributed by atoms with Gasteiger partial charge in [-0.15, -0.1) is 0 Å². The standard InChI is InChI=1S/C13H15F3N2O3/c1-3-12(2,11(20)21)18-7-4-5-8(10(17)19)9(6-7)13(14,15)16/h4-6,18H,3H2,1-2H3,(H2,17,19)(H,20,21). The van der Waals surface area contributed by atoms with E-state index in [1.54, 1.807) is 6.92 Å². The summed E-state index contributed by atoms with van der Waals surface area (Å²) < 4.78 is 38.7. The first-order chi connectivity index (χ1) is 9.51. The van der Waals surface area contributed by atoms with Crippen LogP contribution in [0.5, 0.6) is 0 Å². The number of carboxylic acid groups (broad SMARTS) is 1. The van der Waals surface area contributed by atoms with Crippen LogP contribution in [0.2, 0.25) is 0 Å². The van der Waals surface area contributed by atoms with Gasteiger partial charge in [0.2, 0.25) is 5.91 Å². The van der Waals surface area contributed by atoms with Crippen LogP contribution >= 0.6 is 0 Å². The zero-order valence-electron chi connectivity index (χ0n) is 11.4. The molecule has 0 spiro atoms. The van der Waals surface area contributed by atoms with Gasteiger partial charge < -0.3 is 16.2 Å². The molecular formula is C13H15F3N2O3. The van der Waals surface area contributed by atoms with E-state index < -0.39 is 34.7 Å². The predicted molar refractivity (Wildman–Crippen MR) is 69.9 cm³/mol. The van der Waals surface area contributed by atoms with Crippen molar-refractivity contribution in [1.29, 1.82) is 0 Å². The van der Waals surface area contributed by atoms with Gasteiger partial charge in [0, 0.05) is 5.69 Å². The number of hydrogen-bond acceptors (Lipinski definition) is 3. The van der Waals surface area contributed by atoms with Gasteiger partial charge in [-0.25, -0.2) is 4.79 Å². The van der Waals surface area contributed by atoms with Crippen LogP contribution in [0, 0.1) is 0 Å². The zero-order chi connectivity index (χ0) is 16.4. The van der Waals surface area contributed by atoms with Crippen molar-refractivity contribution in [3.63, 3.8) is 0 Å². The van der Waals surface area contributed by atoms with Crippen molar-refractivity contribution in [2.75, 3.05) is 5.32 Å². The summed E-state index contributed by atoms with van der Waals surface area (Å²) in [4.78, 5) is 22.2. The molecule has 0 aliphatic rings. The van der Waals surface area contributed by atoms with E-state index in [2.05, 4.69) is 5.32 Å². The maximum atomic E-state index is 12.9. The summed E-state index contributed by atoms with van der Waals surface area (Å²) in [6, 6.07) is 2.79. The lowest BCUT2D eigenvalue weighted by Gasteiger charge is -2.26. The number of alkyl halides is 3. The third-order valence-corrected chi connectivity index (χ3v) is 3.19. The second-order valence-corrected chi connectivity index (χ2v) is 4.74. The fraction of sp³-hybridized carbons (Fsp3) is 0.385. The number of rotatable bonds is 5. The number of halogens is 3. The Kier molecular flexibility index (Phi) is 4.50. The highest BCUT2D eigenvalue weighted by molar-refractivity contribution is 5.95. The molecule has 1 atom stereocenters. The summed E-state index contributed by atoms with van der Waals surface area (Å²) in [5.41, 5.74) is 1.56. The molecule has 0 bridgehead atoms. The highest BCUT2D eigenvalue weighted by Gasteiger charge is 2.36. The molecule has 1 amide bonds. The minimum atomic E-state index is -4.77. The summed E-state index contributed by atoms with van der Waals surface area (Å²) in [6.07, 6.45) is -4.62. The summed E-state index contributed by atoms with van der Waals surface area (Å²) >= 11 is 0. The van der Waals surface area contributed by atoms with Gasteiger partial charge in [0.25, 0.3) is 0 Å². The largest absolute Gasteiger partial charge is 0.480 e. The van der Waals surface area contributed by atoms with E-state index in [0.717, 1.165) is 6.07 Å².